The lowest BCUT2D eigenvalue weighted by Crippen LogP contribution is -2.28. The van der Waals surface area contributed by atoms with Gasteiger partial charge in [0.25, 0.3) is 5.91 Å². The fourth-order valence-corrected chi connectivity index (χ4v) is 1.93. The minimum Gasteiger partial charge on any atom is -0.459 e. The summed E-state index contributed by atoms with van der Waals surface area (Å²) in [6.45, 7) is 2.11. The van der Waals surface area contributed by atoms with Crippen molar-refractivity contribution in [1.29, 1.82) is 0 Å². The summed E-state index contributed by atoms with van der Waals surface area (Å²) >= 11 is 0. The maximum absolute atomic E-state index is 12.0. The van der Waals surface area contributed by atoms with Crippen molar-refractivity contribution in [3.8, 4) is 0 Å². The summed E-state index contributed by atoms with van der Waals surface area (Å²) < 4.78 is 5.10. The van der Waals surface area contributed by atoms with Crippen molar-refractivity contribution >= 4 is 5.91 Å². The first-order valence-corrected chi connectivity index (χ1v) is 6.20. The Hall–Kier alpha value is -2.03. The van der Waals surface area contributed by atoms with Crippen LogP contribution in [-0.2, 0) is 0 Å². The van der Waals surface area contributed by atoms with Gasteiger partial charge in [-0.05, 0) is 24.1 Å². The van der Waals surface area contributed by atoms with Crippen molar-refractivity contribution in [2.24, 2.45) is 0 Å². The number of hydrogen-bond acceptors (Lipinski definition) is 2. The van der Waals surface area contributed by atoms with Gasteiger partial charge in [0.1, 0.15) is 0 Å². The summed E-state index contributed by atoms with van der Waals surface area (Å²) in [5.41, 5.74) is 1.12. The molecule has 1 aromatic heterocycles. The second-order valence-corrected chi connectivity index (χ2v) is 4.20. The minimum atomic E-state index is -0.165. The lowest BCUT2D eigenvalue weighted by atomic mass is 10.0. The van der Waals surface area contributed by atoms with Crippen LogP contribution in [0.5, 0.6) is 0 Å². The van der Waals surface area contributed by atoms with Crippen LogP contribution in [0, 0.1) is 0 Å². The Morgan fingerprint density at radius 2 is 2.00 bits per heavy atom. The lowest BCUT2D eigenvalue weighted by Gasteiger charge is -2.17. The molecule has 2 aromatic rings. The van der Waals surface area contributed by atoms with Crippen LogP contribution in [0.2, 0.25) is 0 Å². The van der Waals surface area contributed by atoms with Crippen LogP contribution in [-0.4, -0.2) is 5.91 Å². The van der Waals surface area contributed by atoms with Gasteiger partial charge in [-0.15, -0.1) is 0 Å². The standard InChI is InChI=1S/C15H17NO2/c1-2-7-13(12-8-4-3-5-9-12)16-15(17)14-10-6-11-18-14/h3-6,8-11,13H,2,7H2,1H3,(H,16,17)/t13-/m1/s1. The van der Waals surface area contributed by atoms with Gasteiger partial charge < -0.3 is 9.73 Å². The molecule has 0 fully saturated rings. The number of carbonyl (C=O) groups excluding carboxylic acids is 1. The van der Waals surface area contributed by atoms with Gasteiger partial charge in [-0.3, -0.25) is 4.79 Å². The normalized spacial score (nSPS) is 12.1. The largest absolute Gasteiger partial charge is 0.459 e. The molecular weight excluding hydrogens is 226 g/mol. The Morgan fingerprint density at radius 1 is 1.22 bits per heavy atom. The van der Waals surface area contributed by atoms with E-state index < -0.39 is 0 Å². The summed E-state index contributed by atoms with van der Waals surface area (Å²) in [6.07, 6.45) is 3.43. The van der Waals surface area contributed by atoms with Crippen molar-refractivity contribution in [1.82, 2.24) is 5.32 Å². The van der Waals surface area contributed by atoms with Crippen LogP contribution in [0.4, 0.5) is 0 Å². The highest BCUT2D eigenvalue weighted by Crippen LogP contribution is 2.18. The zero-order chi connectivity index (χ0) is 12.8. The SMILES string of the molecule is CCC[C@@H](NC(=O)c1ccco1)c1ccccc1. The van der Waals surface area contributed by atoms with Crippen LogP contribution < -0.4 is 5.32 Å². The number of amides is 1. The Kier molecular flexibility index (Phi) is 4.18. The van der Waals surface area contributed by atoms with E-state index in [9.17, 15) is 4.79 Å². The fourth-order valence-electron chi connectivity index (χ4n) is 1.93. The Morgan fingerprint density at radius 3 is 2.61 bits per heavy atom. The van der Waals surface area contributed by atoms with Gasteiger partial charge in [-0.1, -0.05) is 43.7 Å². The third kappa shape index (κ3) is 3.00. The maximum atomic E-state index is 12.0. The Balaban J connectivity index is 2.10. The molecule has 94 valence electrons. The van der Waals surface area contributed by atoms with Crippen molar-refractivity contribution in [3.05, 3.63) is 60.1 Å². The molecule has 0 bridgehead atoms. The summed E-state index contributed by atoms with van der Waals surface area (Å²) in [7, 11) is 0. The van der Waals surface area contributed by atoms with Crippen molar-refractivity contribution < 1.29 is 9.21 Å². The molecule has 0 radical (unpaired) electrons. The monoisotopic (exact) mass is 243 g/mol. The molecule has 1 aromatic carbocycles. The van der Waals surface area contributed by atoms with E-state index in [0.717, 1.165) is 18.4 Å². The molecule has 18 heavy (non-hydrogen) atoms. The van der Waals surface area contributed by atoms with Crippen LogP contribution in [0.3, 0.4) is 0 Å². The predicted octanol–water partition coefficient (Wildman–Crippen LogP) is 3.55. The Bertz CT molecular complexity index is 476. The molecule has 0 spiro atoms. The van der Waals surface area contributed by atoms with Gasteiger partial charge in [0.15, 0.2) is 5.76 Å². The van der Waals surface area contributed by atoms with E-state index in [0.29, 0.717) is 5.76 Å². The molecule has 0 aliphatic heterocycles. The highest BCUT2D eigenvalue weighted by atomic mass is 16.3. The number of carbonyl (C=O) groups is 1. The molecule has 2 rings (SSSR count). The molecule has 1 N–H and O–H groups in total. The first-order valence-electron chi connectivity index (χ1n) is 6.20. The van der Waals surface area contributed by atoms with E-state index in [2.05, 4.69) is 12.2 Å². The van der Waals surface area contributed by atoms with E-state index in [1.165, 1.54) is 6.26 Å². The zero-order valence-corrected chi connectivity index (χ0v) is 10.4. The second kappa shape index (κ2) is 6.05. The van der Waals surface area contributed by atoms with Gasteiger partial charge in [-0.2, -0.15) is 0 Å². The molecule has 0 saturated heterocycles. The molecule has 0 saturated carbocycles. The summed E-state index contributed by atoms with van der Waals surface area (Å²) in [4.78, 5) is 12.0. The smallest absolute Gasteiger partial charge is 0.287 e. The zero-order valence-electron chi connectivity index (χ0n) is 10.4. The highest BCUT2D eigenvalue weighted by molar-refractivity contribution is 5.91. The van der Waals surface area contributed by atoms with E-state index in [1.807, 2.05) is 30.3 Å². The number of nitrogens with one attached hydrogen (secondary N) is 1. The van der Waals surface area contributed by atoms with E-state index in [-0.39, 0.29) is 11.9 Å². The quantitative estimate of drug-likeness (QED) is 0.872. The van der Waals surface area contributed by atoms with Crippen molar-refractivity contribution in [3.63, 3.8) is 0 Å². The fraction of sp³-hybridized carbons (Fsp3) is 0.267. The molecule has 1 atom stereocenters. The third-order valence-corrected chi connectivity index (χ3v) is 2.83. The number of furan rings is 1. The van der Waals surface area contributed by atoms with Gasteiger partial charge in [0.2, 0.25) is 0 Å². The second-order valence-electron chi connectivity index (χ2n) is 4.20. The van der Waals surface area contributed by atoms with Crippen LogP contribution in [0.25, 0.3) is 0 Å². The first kappa shape index (κ1) is 12.4. The molecule has 3 heteroatoms. The summed E-state index contributed by atoms with van der Waals surface area (Å²) in [5, 5.41) is 3.00. The van der Waals surface area contributed by atoms with Gasteiger partial charge in [0, 0.05) is 0 Å². The van der Waals surface area contributed by atoms with Gasteiger partial charge in [0.05, 0.1) is 12.3 Å². The van der Waals surface area contributed by atoms with E-state index >= 15 is 0 Å². The molecule has 1 amide bonds. The van der Waals surface area contributed by atoms with Crippen LogP contribution in [0.15, 0.2) is 53.1 Å². The number of benzene rings is 1. The molecular formula is C15H17NO2. The minimum absolute atomic E-state index is 0.0359. The van der Waals surface area contributed by atoms with Gasteiger partial charge >= 0.3 is 0 Å². The number of rotatable bonds is 5. The average Bonchev–Trinajstić information content (AvgIpc) is 2.93. The predicted molar refractivity (Wildman–Crippen MR) is 70.3 cm³/mol. The molecule has 0 unspecified atom stereocenters. The lowest BCUT2D eigenvalue weighted by molar-refractivity contribution is 0.0906. The summed E-state index contributed by atoms with van der Waals surface area (Å²) in [5.74, 6) is 0.189. The molecule has 1 heterocycles. The maximum Gasteiger partial charge on any atom is 0.287 e. The first-order chi connectivity index (χ1) is 8.81. The van der Waals surface area contributed by atoms with E-state index in [4.69, 9.17) is 4.42 Å². The molecule has 3 nitrogen and oxygen atoms in total. The summed E-state index contributed by atoms with van der Waals surface area (Å²) in [6, 6.07) is 13.4. The molecule has 0 aliphatic rings. The van der Waals surface area contributed by atoms with Crippen LogP contribution >= 0.6 is 0 Å². The van der Waals surface area contributed by atoms with E-state index in [1.54, 1.807) is 12.1 Å². The number of hydrogen-bond donors (Lipinski definition) is 1. The Labute approximate surface area is 107 Å². The molecule has 0 aliphatic carbocycles. The highest BCUT2D eigenvalue weighted by Gasteiger charge is 2.16. The van der Waals surface area contributed by atoms with Crippen LogP contribution in [0.1, 0.15) is 41.9 Å². The van der Waals surface area contributed by atoms with Gasteiger partial charge in [-0.25, -0.2) is 0 Å². The topological polar surface area (TPSA) is 42.2 Å². The average molecular weight is 243 g/mol. The van der Waals surface area contributed by atoms with Crippen molar-refractivity contribution in [2.45, 2.75) is 25.8 Å². The third-order valence-electron chi connectivity index (χ3n) is 2.83. The van der Waals surface area contributed by atoms with Crippen molar-refractivity contribution in [2.75, 3.05) is 0 Å².